The SMILES string of the molecule is CCCCC(OC(=O)Nc1ccc(-c2ncn(-c3ccc(OC(F)(F)F)cc3)n2)cc1)c1ccccc1. The van der Waals surface area contributed by atoms with Gasteiger partial charge in [0.1, 0.15) is 18.2 Å². The van der Waals surface area contributed by atoms with Gasteiger partial charge in [0, 0.05) is 11.3 Å². The maximum atomic E-state index is 12.5. The van der Waals surface area contributed by atoms with Crippen LogP contribution < -0.4 is 10.1 Å². The van der Waals surface area contributed by atoms with Gasteiger partial charge in [0.25, 0.3) is 0 Å². The van der Waals surface area contributed by atoms with E-state index in [1.165, 1.54) is 35.3 Å². The van der Waals surface area contributed by atoms with Crippen molar-refractivity contribution in [3.8, 4) is 22.8 Å². The van der Waals surface area contributed by atoms with Crippen molar-refractivity contribution in [1.82, 2.24) is 14.8 Å². The number of hydrogen-bond acceptors (Lipinski definition) is 5. The summed E-state index contributed by atoms with van der Waals surface area (Å²) in [7, 11) is 0. The predicted molar refractivity (Wildman–Crippen MR) is 132 cm³/mol. The molecule has 0 radical (unpaired) electrons. The van der Waals surface area contributed by atoms with E-state index >= 15 is 0 Å². The Morgan fingerprint density at radius 3 is 2.35 bits per heavy atom. The highest BCUT2D eigenvalue weighted by molar-refractivity contribution is 5.85. The van der Waals surface area contributed by atoms with Crippen molar-refractivity contribution in [3.05, 3.63) is 90.8 Å². The number of hydrogen-bond donors (Lipinski definition) is 1. The van der Waals surface area contributed by atoms with E-state index in [9.17, 15) is 18.0 Å². The molecule has 1 atom stereocenters. The van der Waals surface area contributed by atoms with Crippen molar-refractivity contribution < 1.29 is 27.4 Å². The van der Waals surface area contributed by atoms with Crippen LogP contribution in [0.15, 0.2) is 85.2 Å². The number of amides is 1. The number of halogens is 3. The molecule has 3 aromatic carbocycles. The third kappa shape index (κ3) is 7.33. The molecule has 0 fully saturated rings. The lowest BCUT2D eigenvalue weighted by Crippen LogP contribution is -2.17. The molecular weight excluding hydrogens is 485 g/mol. The number of benzene rings is 3. The minimum Gasteiger partial charge on any atom is -0.441 e. The minimum absolute atomic E-state index is 0.321. The average Bonchev–Trinajstić information content (AvgIpc) is 3.37. The van der Waals surface area contributed by atoms with Gasteiger partial charge in [-0.2, -0.15) is 0 Å². The quantitative estimate of drug-likeness (QED) is 0.255. The molecule has 37 heavy (non-hydrogen) atoms. The van der Waals surface area contributed by atoms with Crippen LogP contribution >= 0.6 is 0 Å². The van der Waals surface area contributed by atoms with E-state index in [1.54, 1.807) is 24.3 Å². The van der Waals surface area contributed by atoms with Gasteiger partial charge in [-0.05, 0) is 66.9 Å². The van der Waals surface area contributed by atoms with Crippen molar-refractivity contribution in [2.45, 2.75) is 38.7 Å². The van der Waals surface area contributed by atoms with E-state index in [1.807, 2.05) is 30.3 Å². The van der Waals surface area contributed by atoms with Crippen LogP contribution in [0.3, 0.4) is 0 Å². The molecular formula is C27H25F3N4O3. The normalized spacial score (nSPS) is 12.1. The van der Waals surface area contributed by atoms with Crippen LogP contribution in [0.5, 0.6) is 5.75 Å². The van der Waals surface area contributed by atoms with Crippen molar-refractivity contribution in [2.75, 3.05) is 5.32 Å². The van der Waals surface area contributed by atoms with E-state index in [-0.39, 0.29) is 11.9 Å². The zero-order valence-electron chi connectivity index (χ0n) is 20.0. The Morgan fingerprint density at radius 1 is 1.00 bits per heavy atom. The summed E-state index contributed by atoms with van der Waals surface area (Å²) < 4.78 is 48.1. The number of aromatic nitrogens is 3. The van der Waals surface area contributed by atoms with Gasteiger partial charge in [-0.1, -0.05) is 43.7 Å². The first kappa shape index (κ1) is 25.7. The van der Waals surface area contributed by atoms with Gasteiger partial charge >= 0.3 is 12.5 Å². The molecule has 192 valence electrons. The van der Waals surface area contributed by atoms with E-state index in [2.05, 4.69) is 27.1 Å². The Balaban J connectivity index is 1.38. The van der Waals surface area contributed by atoms with Crippen molar-refractivity contribution in [3.63, 3.8) is 0 Å². The number of nitrogens with zero attached hydrogens (tertiary/aromatic N) is 3. The van der Waals surface area contributed by atoms with Crippen molar-refractivity contribution in [2.24, 2.45) is 0 Å². The predicted octanol–water partition coefficient (Wildman–Crippen LogP) is 7.31. The highest BCUT2D eigenvalue weighted by Gasteiger charge is 2.31. The molecule has 1 N–H and O–H groups in total. The molecule has 1 amide bonds. The summed E-state index contributed by atoms with van der Waals surface area (Å²) in [5, 5.41) is 7.13. The number of rotatable bonds is 9. The fourth-order valence-electron chi connectivity index (χ4n) is 3.65. The molecule has 1 unspecified atom stereocenters. The lowest BCUT2D eigenvalue weighted by molar-refractivity contribution is -0.274. The molecule has 1 heterocycles. The lowest BCUT2D eigenvalue weighted by atomic mass is 10.0. The number of alkyl halides is 3. The van der Waals surface area contributed by atoms with Gasteiger partial charge in [-0.15, -0.1) is 18.3 Å². The van der Waals surface area contributed by atoms with Crippen LogP contribution in [0, 0.1) is 0 Å². The van der Waals surface area contributed by atoms with Crippen LogP contribution in [0.25, 0.3) is 17.1 Å². The average molecular weight is 511 g/mol. The summed E-state index contributed by atoms with van der Waals surface area (Å²) >= 11 is 0. The summed E-state index contributed by atoms with van der Waals surface area (Å²) in [4.78, 5) is 16.8. The molecule has 0 saturated heterocycles. The largest absolute Gasteiger partial charge is 0.573 e. The molecule has 0 aliphatic carbocycles. The Kier molecular flexibility index (Phi) is 8.07. The van der Waals surface area contributed by atoms with Crippen LogP contribution in [0.1, 0.15) is 37.9 Å². The molecule has 0 bridgehead atoms. The minimum atomic E-state index is -4.75. The van der Waals surface area contributed by atoms with Crippen LogP contribution in [-0.2, 0) is 4.74 Å². The summed E-state index contributed by atoms with van der Waals surface area (Å²) in [6.07, 6.45) is -1.50. The Labute approximate surface area is 211 Å². The number of carbonyl (C=O) groups excluding carboxylic acids is 1. The molecule has 0 saturated carbocycles. The zero-order chi connectivity index (χ0) is 26.3. The first-order chi connectivity index (χ1) is 17.8. The standard InChI is InChI=1S/C27H25F3N4O3/c1-2-3-9-24(19-7-5-4-6-8-19)36-26(35)32-21-12-10-20(11-13-21)25-31-18-34(33-25)22-14-16-23(17-15-22)37-27(28,29)30/h4-8,10-18,24H,2-3,9H2,1H3,(H,32,35). The maximum Gasteiger partial charge on any atom is 0.573 e. The van der Waals surface area contributed by atoms with Crippen LogP contribution in [0.4, 0.5) is 23.7 Å². The van der Waals surface area contributed by atoms with E-state index in [4.69, 9.17) is 4.74 Å². The molecule has 10 heteroatoms. The van der Waals surface area contributed by atoms with Gasteiger partial charge in [0.05, 0.1) is 5.69 Å². The highest BCUT2D eigenvalue weighted by Crippen LogP contribution is 2.26. The number of ether oxygens (including phenoxy) is 2. The fourth-order valence-corrected chi connectivity index (χ4v) is 3.65. The number of unbranched alkanes of at least 4 members (excludes halogenated alkanes) is 1. The number of nitrogens with one attached hydrogen (secondary N) is 1. The third-order valence-corrected chi connectivity index (χ3v) is 5.46. The Bertz CT molecular complexity index is 1290. The zero-order valence-corrected chi connectivity index (χ0v) is 20.0. The molecule has 0 spiro atoms. The Hall–Kier alpha value is -4.34. The highest BCUT2D eigenvalue weighted by atomic mass is 19.4. The Morgan fingerprint density at radius 2 is 1.70 bits per heavy atom. The number of anilines is 1. The van der Waals surface area contributed by atoms with Crippen LogP contribution in [-0.4, -0.2) is 27.2 Å². The molecule has 4 aromatic rings. The molecule has 4 rings (SSSR count). The third-order valence-electron chi connectivity index (χ3n) is 5.46. The second-order valence-electron chi connectivity index (χ2n) is 8.20. The van der Waals surface area contributed by atoms with E-state index in [0.29, 0.717) is 22.8 Å². The topological polar surface area (TPSA) is 78.3 Å². The smallest absolute Gasteiger partial charge is 0.441 e. The van der Waals surface area contributed by atoms with Crippen molar-refractivity contribution in [1.29, 1.82) is 0 Å². The van der Waals surface area contributed by atoms with Gasteiger partial charge < -0.3 is 9.47 Å². The fraction of sp³-hybridized carbons (Fsp3) is 0.222. The molecule has 0 aliphatic heterocycles. The van der Waals surface area contributed by atoms with Gasteiger partial charge in [0.2, 0.25) is 0 Å². The van der Waals surface area contributed by atoms with Gasteiger partial charge in [-0.3, -0.25) is 5.32 Å². The van der Waals surface area contributed by atoms with E-state index < -0.39 is 12.5 Å². The second kappa shape index (κ2) is 11.6. The summed E-state index contributed by atoms with van der Waals surface area (Å²) in [6.45, 7) is 2.09. The number of carbonyl (C=O) groups is 1. The first-order valence-corrected chi connectivity index (χ1v) is 11.7. The van der Waals surface area contributed by atoms with E-state index in [0.717, 1.165) is 24.8 Å². The lowest BCUT2D eigenvalue weighted by Gasteiger charge is -2.18. The van der Waals surface area contributed by atoms with Gasteiger partial charge in [-0.25, -0.2) is 14.5 Å². The first-order valence-electron chi connectivity index (χ1n) is 11.7. The van der Waals surface area contributed by atoms with Gasteiger partial charge in [0.15, 0.2) is 5.82 Å². The summed E-state index contributed by atoms with van der Waals surface area (Å²) in [5.74, 6) is 0.0899. The summed E-state index contributed by atoms with van der Waals surface area (Å²) in [6, 6.07) is 21.9. The molecule has 7 nitrogen and oxygen atoms in total. The maximum absolute atomic E-state index is 12.5. The summed E-state index contributed by atoms with van der Waals surface area (Å²) in [5.41, 5.74) is 2.71. The molecule has 1 aromatic heterocycles. The molecule has 0 aliphatic rings. The second-order valence-corrected chi connectivity index (χ2v) is 8.20. The van der Waals surface area contributed by atoms with Crippen molar-refractivity contribution >= 4 is 11.8 Å². The van der Waals surface area contributed by atoms with Crippen LogP contribution in [0.2, 0.25) is 0 Å². The monoisotopic (exact) mass is 510 g/mol.